The fraction of sp³-hybridized carbons (Fsp3) is 0.571. The van der Waals surface area contributed by atoms with Crippen molar-refractivity contribution in [2.75, 3.05) is 24.8 Å². The van der Waals surface area contributed by atoms with Crippen LogP contribution >= 0.6 is 34.7 Å². The van der Waals surface area contributed by atoms with E-state index in [1.807, 2.05) is 11.6 Å². The van der Waals surface area contributed by atoms with Crippen LogP contribution in [0.3, 0.4) is 0 Å². The molecule has 1 aromatic heterocycles. The molecule has 0 fully saturated rings. The van der Waals surface area contributed by atoms with Crippen molar-refractivity contribution in [1.82, 2.24) is 4.98 Å². The van der Waals surface area contributed by atoms with Crippen LogP contribution in [0, 0.1) is 0 Å². The van der Waals surface area contributed by atoms with Crippen molar-refractivity contribution in [3.05, 3.63) is 11.6 Å². The Kier molecular flexibility index (Phi) is 5.77. The van der Waals surface area contributed by atoms with Gasteiger partial charge in [0.25, 0.3) is 0 Å². The molecule has 0 aromatic carbocycles. The van der Waals surface area contributed by atoms with Gasteiger partial charge in [-0.3, -0.25) is 0 Å². The molecule has 2 nitrogen and oxygen atoms in total. The number of alkyl halides is 1. The maximum Gasteiger partial charge on any atom is 0.149 e. The van der Waals surface area contributed by atoms with Gasteiger partial charge in [0.15, 0.2) is 0 Å². The summed E-state index contributed by atoms with van der Waals surface area (Å²) in [5, 5.41) is 1.97. The molecule has 0 unspecified atom stereocenters. The largest absolute Gasteiger partial charge is 0.379 e. The van der Waals surface area contributed by atoms with Crippen LogP contribution < -0.4 is 0 Å². The molecule has 0 aliphatic rings. The molecule has 0 radical (unpaired) electrons. The predicted octanol–water partition coefficient (Wildman–Crippen LogP) is 2.49. The first-order chi connectivity index (χ1) is 5.93. The smallest absolute Gasteiger partial charge is 0.149 e. The molecule has 68 valence electrons. The zero-order chi connectivity index (χ0) is 8.65. The van der Waals surface area contributed by atoms with Crippen molar-refractivity contribution in [1.29, 1.82) is 0 Å². The second-order valence-corrected chi connectivity index (χ2v) is 4.56. The Labute approximate surface area is 85.3 Å². The lowest BCUT2D eigenvalue weighted by Gasteiger charge is -1.98. The average Bonchev–Trinajstić information content (AvgIpc) is 2.57. The number of hydrogen-bond donors (Lipinski definition) is 0. The number of thioether (sulfide) groups is 1. The lowest BCUT2D eigenvalue weighted by molar-refractivity contribution is 0.166. The predicted molar refractivity (Wildman–Crippen MR) is 54.4 cm³/mol. The molecule has 0 saturated heterocycles. The quantitative estimate of drug-likeness (QED) is 0.420. The Bertz CT molecular complexity index is 193. The van der Waals surface area contributed by atoms with E-state index in [1.54, 1.807) is 23.1 Å². The molecule has 1 heterocycles. The van der Waals surface area contributed by atoms with Gasteiger partial charge in [0.1, 0.15) is 4.34 Å². The van der Waals surface area contributed by atoms with Gasteiger partial charge in [-0.25, -0.2) is 4.98 Å². The summed E-state index contributed by atoms with van der Waals surface area (Å²) in [6, 6.07) is 0. The van der Waals surface area contributed by atoms with E-state index >= 15 is 0 Å². The number of ether oxygens (including phenoxy) is 1. The Morgan fingerprint density at radius 2 is 2.50 bits per heavy atom. The molecule has 0 aliphatic heterocycles. The molecule has 5 heteroatoms. The summed E-state index contributed by atoms with van der Waals surface area (Å²) in [5.41, 5.74) is 0. The van der Waals surface area contributed by atoms with Crippen LogP contribution in [0.4, 0.5) is 0 Å². The summed E-state index contributed by atoms with van der Waals surface area (Å²) in [6.45, 7) is 1.39. The van der Waals surface area contributed by atoms with Crippen molar-refractivity contribution in [2.45, 2.75) is 4.34 Å². The first kappa shape index (κ1) is 10.3. The highest BCUT2D eigenvalue weighted by Gasteiger charge is 1.95. The second-order valence-electron chi connectivity index (χ2n) is 1.95. The topological polar surface area (TPSA) is 22.1 Å². The van der Waals surface area contributed by atoms with Crippen molar-refractivity contribution in [3.8, 4) is 0 Å². The summed E-state index contributed by atoms with van der Waals surface area (Å²) in [4.78, 5) is 4.13. The molecule has 0 N–H and O–H groups in total. The van der Waals surface area contributed by atoms with Gasteiger partial charge in [-0.2, -0.15) is 0 Å². The monoisotopic (exact) mass is 223 g/mol. The van der Waals surface area contributed by atoms with Gasteiger partial charge in [0, 0.05) is 23.2 Å². The molecule has 0 aliphatic carbocycles. The summed E-state index contributed by atoms with van der Waals surface area (Å²) < 4.78 is 6.31. The molecular formula is C7H10ClNOS2. The van der Waals surface area contributed by atoms with Crippen molar-refractivity contribution >= 4 is 34.7 Å². The van der Waals surface area contributed by atoms with Gasteiger partial charge >= 0.3 is 0 Å². The highest BCUT2D eigenvalue weighted by molar-refractivity contribution is 8.01. The van der Waals surface area contributed by atoms with Gasteiger partial charge in [-0.1, -0.05) is 11.8 Å². The minimum atomic E-state index is 0.571. The molecule has 0 spiro atoms. The van der Waals surface area contributed by atoms with Crippen LogP contribution in [-0.4, -0.2) is 29.8 Å². The Morgan fingerprint density at radius 1 is 1.58 bits per heavy atom. The van der Waals surface area contributed by atoms with E-state index in [2.05, 4.69) is 4.98 Å². The van der Waals surface area contributed by atoms with E-state index in [-0.39, 0.29) is 0 Å². The number of aromatic nitrogens is 1. The van der Waals surface area contributed by atoms with Crippen LogP contribution in [0.5, 0.6) is 0 Å². The lowest BCUT2D eigenvalue weighted by Crippen LogP contribution is -1.99. The maximum atomic E-state index is 5.44. The molecule has 1 aromatic rings. The van der Waals surface area contributed by atoms with Crippen LogP contribution in [-0.2, 0) is 4.74 Å². The number of hydrogen-bond acceptors (Lipinski definition) is 4. The summed E-state index contributed by atoms with van der Waals surface area (Å²) >= 11 is 8.81. The molecule has 1 rings (SSSR count). The normalized spacial score (nSPS) is 10.4. The van der Waals surface area contributed by atoms with Crippen molar-refractivity contribution in [3.63, 3.8) is 0 Å². The fourth-order valence-electron chi connectivity index (χ4n) is 0.626. The molecule has 0 saturated carbocycles. The van der Waals surface area contributed by atoms with Crippen LogP contribution in [0.15, 0.2) is 15.9 Å². The van der Waals surface area contributed by atoms with Crippen LogP contribution in [0.25, 0.3) is 0 Å². The highest BCUT2D eigenvalue weighted by Crippen LogP contribution is 2.19. The zero-order valence-corrected chi connectivity index (χ0v) is 8.92. The number of rotatable bonds is 6. The average molecular weight is 224 g/mol. The van der Waals surface area contributed by atoms with Crippen LogP contribution in [0.2, 0.25) is 0 Å². The third-order valence-electron chi connectivity index (χ3n) is 1.08. The zero-order valence-electron chi connectivity index (χ0n) is 6.53. The molecule has 0 amide bonds. The van der Waals surface area contributed by atoms with E-state index in [0.717, 1.165) is 16.7 Å². The second kappa shape index (κ2) is 6.71. The molecular weight excluding hydrogens is 214 g/mol. The summed E-state index contributed by atoms with van der Waals surface area (Å²) in [7, 11) is 0. The molecule has 12 heavy (non-hydrogen) atoms. The van der Waals surface area contributed by atoms with E-state index < -0.39 is 0 Å². The van der Waals surface area contributed by atoms with E-state index in [4.69, 9.17) is 16.3 Å². The molecule has 0 atom stereocenters. The molecule has 0 bridgehead atoms. The van der Waals surface area contributed by atoms with Gasteiger partial charge < -0.3 is 4.74 Å². The third kappa shape index (κ3) is 4.30. The van der Waals surface area contributed by atoms with Gasteiger partial charge in [-0.05, 0) is 0 Å². The summed E-state index contributed by atoms with van der Waals surface area (Å²) in [6.07, 6.45) is 1.81. The maximum absolute atomic E-state index is 5.44. The Morgan fingerprint density at radius 3 is 3.17 bits per heavy atom. The van der Waals surface area contributed by atoms with Gasteiger partial charge in [0.05, 0.1) is 13.2 Å². The van der Waals surface area contributed by atoms with Crippen LogP contribution in [0.1, 0.15) is 0 Å². The minimum absolute atomic E-state index is 0.571. The standard InChI is InChI=1S/C7H10ClNOS2/c8-1-3-10-4-6-12-7-9-2-5-11-7/h2,5H,1,3-4,6H2. The van der Waals surface area contributed by atoms with E-state index in [1.165, 1.54) is 0 Å². The first-order valence-electron chi connectivity index (χ1n) is 3.59. The number of nitrogens with zero attached hydrogens (tertiary/aromatic N) is 1. The Hall–Kier alpha value is 0.230. The SMILES string of the molecule is ClCCOCCSc1nccs1. The number of thiazole rings is 1. The van der Waals surface area contributed by atoms with Gasteiger partial charge in [-0.15, -0.1) is 22.9 Å². The Balaban J connectivity index is 1.96. The van der Waals surface area contributed by atoms with Gasteiger partial charge in [0.2, 0.25) is 0 Å². The summed E-state index contributed by atoms with van der Waals surface area (Å²) in [5.74, 6) is 1.52. The van der Waals surface area contributed by atoms with E-state index in [0.29, 0.717) is 12.5 Å². The fourth-order valence-corrected chi connectivity index (χ4v) is 2.30. The van der Waals surface area contributed by atoms with E-state index in [9.17, 15) is 0 Å². The third-order valence-corrected chi connectivity index (χ3v) is 3.17. The van der Waals surface area contributed by atoms with Crippen molar-refractivity contribution < 1.29 is 4.74 Å². The van der Waals surface area contributed by atoms with Crippen molar-refractivity contribution in [2.24, 2.45) is 0 Å². The first-order valence-corrected chi connectivity index (χ1v) is 5.99. The number of halogens is 1. The lowest BCUT2D eigenvalue weighted by atomic mass is 10.8. The highest BCUT2D eigenvalue weighted by atomic mass is 35.5. The minimum Gasteiger partial charge on any atom is -0.379 e.